The van der Waals surface area contributed by atoms with Gasteiger partial charge < -0.3 is 5.11 Å². The quantitative estimate of drug-likeness (QED) is 0.536. The third kappa shape index (κ3) is 3.72. The molecule has 0 rings (SSSR count). The van der Waals surface area contributed by atoms with Crippen molar-refractivity contribution in [1.29, 1.82) is 0 Å². The fourth-order valence-corrected chi connectivity index (χ4v) is 0.175. The van der Waals surface area contributed by atoms with Crippen LogP contribution in [0.2, 0.25) is 0 Å². The van der Waals surface area contributed by atoms with Crippen LogP contribution in [-0.4, -0.2) is 19.5 Å². The number of carboxylic acids is 1. The van der Waals surface area contributed by atoms with Crippen LogP contribution in [0.4, 0.5) is 0 Å². The number of aliphatic carboxylic acids is 1. The summed E-state index contributed by atoms with van der Waals surface area (Å²) in [4.78, 5) is 9.93. The van der Waals surface area contributed by atoms with Gasteiger partial charge in [-0.2, -0.15) is 0 Å². The van der Waals surface area contributed by atoms with Crippen molar-refractivity contribution in [3.63, 3.8) is 0 Å². The van der Waals surface area contributed by atoms with Gasteiger partial charge in [-0.1, -0.05) is 13.8 Å². The van der Waals surface area contributed by atoms with Gasteiger partial charge in [0.25, 0.3) is 0 Å². The van der Waals surface area contributed by atoms with Crippen molar-refractivity contribution < 1.29 is 9.90 Å². The van der Waals surface area contributed by atoms with Crippen LogP contribution in [0.15, 0.2) is 0 Å². The summed E-state index contributed by atoms with van der Waals surface area (Å²) in [7, 11) is 0. The highest BCUT2D eigenvalue weighted by Gasteiger charge is 2.05. The Morgan fingerprint density at radius 3 is 2.12 bits per heavy atom. The van der Waals surface area contributed by atoms with Gasteiger partial charge in [0.1, 0.15) is 0 Å². The van der Waals surface area contributed by atoms with Crippen LogP contribution in [0, 0.1) is 5.92 Å². The first-order valence-corrected chi connectivity index (χ1v) is 2.41. The van der Waals surface area contributed by atoms with Crippen LogP contribution in [0.25, 0.3) is 0 Å². The van der Waals surface area contributed by atoms with Crippen LogP contribution in [0.5, 0.6) is 0 Å². The SMILES string of the molecule is CCC(C)C(=O)O.[B]. The van der Waals surface area contributed by atoms with E-state index in [-0.39, 0.29) is 14.3 Å². The van der Waals surface area contributed by atoms with Crippen molar-refractivity contribution in [3.05, 3.63) is 0 Å². The molecule has 0 heterocycles. The molecule has 8 heavy (non-hydrogen) atoms. The van der Waals surface area contributed by atoms with E-state index in [1.54, 1.807) is 6.92 Å². The van der Waals surface area contributed by atoms with Crippen molar-refractivity contribution >= 4 is 14.4 Å². The van der Waals surface area contributed by atoms with Gasteiger partial charge in [-0.25, -0.2) is 0 Å². The molecular weight excluding hydrogens is 103 g/mol. The molecule has 0 aromatic rings. The zero-order valence-corrected chi connectivity index (χ0v) is 5.22. The Bertz CT molecular complexity index is 72.8. The first-order valence-electron chi connectivity index (χ1n) is 2.41. The van der Waals surface area contributed by atoms with E-state index in [0.717, 1.165) is 6.42 Å². The van der Waals surface area contributed by atoms with E-state index in [1.807, 2.05) is 6.92 Å². The lowest BCUT2D eigenvalue weighted by Crippen LogP contribution is -2.06. The molecule has 0 aliphatic heterocycles. The number of carbonyl (C=O) groups is 1. The van der Waals surface area contributed by atoms with Gasteiger partial charge in [0, 0.05) is 8.41 Å². The minimum Gasteiger partial charge on any atom is -0.481 e. The van der Waals surface area contributed by atoms with E-state index in [1.165, 1.54) is 0 Å². The highest BCUT2D eigenvalue weighted by atomic mass is 16.4. The summed E-state index contributed by atoms with van der Waals surface area (Å²) in [5, 5.41) is 8.18. The Balaban J connectivity index is 0. The second-order valence-electron chi connectivity index (χ2n) is 1.65. The molecule has 45 valence electrons. The molecule has 0 aromatic carbocycles. The first-order chi connectivity index (χ1) is 3.18. The lowest BCUT2D eigenvalue weighted by atomic mass is 10.1. The summed E-state index contributed by atoms with van der Waals surface area (Å²) in [6.07, 6.45) is 0.718. The van der Waals surface area contributed by atoms with Crippen molar-refractivity contribution in [3.8, 4) is 0 Å². The van der Waals surface area contributed by atoms with Gasteiger partial charge in [-0.15, -0.1) is 0 Å². The normalized spacial score (nSPS) is 11.8. The zero-order valence-electron chi connectivity index (χ0n) is 5.22. The van der Waals surface area contributed by atoms with Crippen molar-refractivity contribution in [2.45, 2.75) is 20.3 Å². The minimum absolute atomic E-state index is 0. The molecule has 1 N–H and O–H groups in total. The van der Waals surface area contributed by atoms with Crippen LogP contribution in [0.1, 0.15) is 20.3 Å². The highest BCUT2D eigenvalue weighted by Crippen LogP contribution is 1.97. The molecule has 0 saturated heterocycles. The lowest BCUT2D eigenvalue weighted by molar-refractivity contribution is -0.141. The Hall–Kier alpha value is -0.465. The zero-order chi connectivity index (χ0) is 5.86. The summed E-state index contributed by atoms with van der Waals surface area (Å²) < 4.78 is 0. The van der Waals surface area contributed by atoms with E-state index in [0.29, 0.717) is 0 Å². The van der Waals surface area contributed by atoms with Crippen molar-refractivity contribution in [2.24, 2.45) is 5.92 Å². The molecule has 0 bridgehead atoms. The van der Waals surface area contributed by atoms with Gasteiger partial charge in [0.2, 0.25) is 0 Å². The lowest BCUT2D eigenvalue weighted by Gasteiger charge is -1.96. The van der Waals surface area contributed by atoms with E-state index < -0.39 is 5.97 Å². The van der Waals surface area contributed by atoms with Gasteiger partial charge >= 0.3 is 5.97 Å². The second-order valence-corrected chi connectivity index (χ2v) is 1.65. The molecular formula is C5H10BO2. The van der Waals surface area contributed by atoms with E-state index >= 15 is 0 Å². The van der Waals surface area contributed by atoms with Crippen molar-refractivity contribution in [2.75, 3.05) is 0 Å². The monoisotopic (exact) mass is 113 g/mol. The highest BCUT2D eigenvalue weighted by molar-refractivity contribution is 5.75. The molecule has 3 radical (unpaired) electrons. The Morgan fingerprint density at radius 2 is 2.12 bits per heavy atom. The summed E-state index contributed by atoms with van der Waals surface area (Å²) >= 11 is 0. The van der Waals surface area contributed by atoms with Crippen LogP contribution in [-0.2, 0) is 4.79 Å². The first kappa shape index (κ1) is 10.5. The molecule has 0 aliphatic rings. The molecule has 0 amide bonds. The maximum absolute atomic E-state index is 9.93. The van der Waals surface area contributed by atoms with Crippen LogP contribution in [0.3, 0.4) is 0 Å². The second kappa shape index (κ2) is 4.69. The molecule has 0 spiro atoms. The van der Waals surface area contributed by atoms with Gasteiger partial charge in [-0.3, -0.25) is 4.79 Å². The molecule has 1 unspecified atom stereocenters. The smallest absolute Gasteiger partial charge is 0.306 e. The minimum atomic E-state index is -0.706. The summed E-state index contributed by atoms with van der Waals surface area (Å²) in [5.74, 6) is -0.887. The number of hydrogen-bond acceptors (Lipinski definition) is 1. The molecule has 0 fully saturated rings. The van der Waals surface area contributed by atoms with Gasteiger partial charge in [-0.05, 0) is 6.42 Å². The van der Waals surface area contributed by atoms with Crippen molar-refractivity contribution in [1.82, 2.24) is 0 Å². The number of rotatable bonds is 2. The predicted octanol–water partition coefficient (Wildman–Crippen LogP) is 0.736. The average Bonchev–Trinajstić information content (AvgIpc) is 1.65. The third-order valence-electron chi connectivity index (χ3n) is 1.03. The number of hydrogen-bond donors (Lipinski definition) is 1. The Morgan fingerprint density at radius 1 is 1.75 bits per heavy atom. The third-order valence-corrected chi connectivity index (χ3v) is 1.03. The standard InChI is InChI=1S/C5H10O2.B/c1-3-4(2)5(6)7;/h4H,3H2,1-2H3,(H,6,7);. The summed E-state index contributed by atoms with van der Waals surface area (Å²) in [6.45, 7) is 3.56. The maximum Gasteiger partial charge on any atom is 0.306 e. The molecule has 1 atom stereocenters. The molecule has 2 nitrogen and oxygen atoms in total. The Labute approximate surface area is 51.5 Å². The van der Waals surface area contributed by atoms with Gasteiger partial charge in [0.05, 0.1) is 5.92 Å². The average molecular weight is 113 g/mol. The summed E-state index contributed by atoms with van der Waals surface area (Å²) in [6, 6.07) is 0. The molecule has 0 aromatic heterocycles. The van der Waals surface area contributed by atoms with E-state index in [2.05, 4.69) is 0 Å². The van der Waals surface area contributed by atoms with Crippen LogP contribution < -0.4 is 0 Å². The van der Waals surface area contributed by atoms with Crippen LogP contribution >= 0.6 is 0 Å². The summed E-state index contributed by atoms with van der Waals surface area (Å²) in [5.41, 5.74) is 0. The maximum atomic E-state index is 9.93. The Kier molecular flexibility index (Phi) is 6.16. The van der Waals surface area contributed by atoms with E-state index in [9.17, 15) is 4.79 Å². The molecule has 0 saturated carbocycles. The topological polar surface area (TPSA) is 37.3 Å². The molecule has 3 heteroatoms. The fraction of sp³-hybridized carbons (Fsp3) is 0.800. The molecule has 0 aliphatic carbocycles. The predicted molar refractivity (Wildman–Crippen MR) is 32.8 cm³/mol. The fourth-order valence-electron chi connectivity index (χ4n) is 0.175. The van der Waals surface area contributed by atoms with Gasteiger partial charge in [0.15, 0.2) is 0 Å². The van der Waals surface area contributed by atoms with E-state index in [4.69, 9.17) is 5.11 Å². The largest absolute Gasteiger partial charge is 0.481 e. The number of carboxylic acid groups (broad SMARTS) is 1.